The summed E-state index contributed by atoms with van der Waals surface area (Å²) >= 11 is 0.902. The van der Waals surface area contributed by atoms with Gasteiger partial charge in [-0.15, -0.1) is 0 Å². The van der Waals surface area contributed by atoms with Crippen LogP contribution in [0.4, 0.5) is 10.5 Å². The molecule has 1 aliphatic heterocycles. The van der Waals surface area contributed by atoms with Crippen LogP contribution in [0.25, 0.3) is 6.08 Å². The minimum atomic E-state index is -0.349. The van der Waals surface area contributed by atoms with Gasteiger partial charge < -0.3 is 9.15 Å². The number of furan rings is 1. The van der Waals surface area contributed by atoms with Crippen LogP contribution in [0.2, 0.25) is 0 Å². The zero-order valence-electron chi connectivity index (χ0n) is 12.7. The lowest BCUT2D eigenvalue weighted by molar-refractivity contribution is -0.113. The van der Waals surface area contributed by atoms with Crippen molar-refractivity contribution in [2.75, 3.05) is 11.5 Å². The first kappa shape index (κ1) is 15.4. The molecule has 23 heavy (non-hydrogen) atoms. The Bertz CT molecular complexity index is 776. The van der Waals surface area contributed by atoms with Crippen LogP contribution < -0.4 is 9.64 Å². The normalized spacial score (nSPS) is 16.4. The lowest BCUT2D eigenvalue weighted by Gasteiger charge is -2.13. The first-order valence-electron chi connectivity index (χ1n) is 7.15. The predicted octanol–water partition coefficient (Wildman–Crippen LogP) is 4.23. The van der Waals surface area contributed by atoms with Gasteiger partial charge in [-0.3, -0.25) is 9.59 Å². The fraction of sp³-hybridized carbons (Fsp3) is 0.176. The average molecular weight is 329 g/mol. The lowest BCUT2D eigenvalue weighted by atomic mass is 10.2. The van der Waals surface area contributed by atoms with Gasteiger partial charge in [-0.25, -0.2) is 4.90 Å². The quantitative estimate of drug-likeness (QED) is 0.786. The van der Waals surface area contributed by atoms with Gasteiger partial charge in [0.15, 0.2) is 0 Å². The van der Waals surface area contributed by atoms with Gasteiger partial charge in [-0.05, 0) is 62.0 Å². The zero-order valence-corrected chi connectivity index (χ0v) is 13.6. The molecule has 0 bridgehead atoms. The molecule has 0 saturated carbocycles. The van der Waals surface area contributed by atoms with Gasteiger partial charge in [-0.1, -0.05) is 0 Å². The predicted molar refractivity (Wildman–Crippen MR) is 89.5 cm³/mol. The van der Waals surface area contributed by atoms with Gasteiger partial charge in [0.2, 0.25) is 0 Å². The molecule has 0 spiro atoms. The molecule has 1 aromatic carbocycles. The van der Waals surface area contributed by atoms with Gasteiger partial charge >= 0.3 is 0 Å². The highest BCUT2D eigenvalue weighted by atomic mass is 32.2. The Morgan fingerprint density at radius 3 is 2.52 bits per heavy atom. The average Bonchev–Trinajstić information content (AvgIpc) is 3.05. The number of rotatable bonds is 4. The molecule has 1 fully saturated rings. The van der Waals surface area contributed by atoms with Crippen molar-refractivity contribution in [3.63, 3.8) is 0 Å². The van der Waals surface area contributed by atoms with Gasteiger partial charge in [0, 0.05) is 6.08 Å². The second kappa shape index (κ2) is 6.34. The standard InChI is InChI=1S/C17H15NO4S/c1-3-21-13-8-5-12(6-9-13)18-16(19)15(23-17(18)20)10-14-7-4-11(2)22-14/h4-10H,3H2,1-2H3/b15-10+. The summed E-state index contributed by atoms with van der Waals surface area (Å²) in [6.07, 6.45) is 1.59. The van der Waals surface area contributed by atoms with E-state index in [2.05, 4.69) is 0 Å². The highest BCUT2D eigenvalue weighted by molar-refractivity contribution is 8.19. The number of aryl methyl sites for hydroxylation is 1. The fourth-order valence-electron chi connectivity index (χ4n) is 2.21. The van der Waals surface area contributed by atoms with Crippen molar-refractivity contribution in [2.45, 2.75) is 13.8 Å². The molecule has 0 atom stereocenters. The van der Waals surface area contributed by atoms with Crippen molar-refractivity contribution >= 4 is 34.7 Å². The number of benzene rings is 1. The molecule has 2 heterocycles. The maximum absolute atomic E-state index is 12.5. The molecule has 0 unspecified atom stereocenters. The molecular weight excluding hydrogens is 314 g/mol. The molecule has 5 nitrogen and oxygen atoms in total. The van der Waals surface area contributed by atoms with E-state index in [1.54, 1.807) is 36.4 Å². The summed E-state index contributed by atoms with van der Waals surface area (Å²) < 4.78 is 10.8. The van der Waals surface area contributed by atoms with E-state index >= 15 is 0 Å². The summed E-state index contributed by atoms with van der Waals surface area (Å²) in [5.74, 6) is 1.66. The number of hydrogen-bond donors (Lipinski definition) is 0. The monoisotopic (exact) mass is 329 g/mol. The number of imide groups is 1. The molecule has 0 N–H and O–H groups in total. The van der Waals surface area contributed by atoms with Gasteiger partial charge in [0.1, 0.15) is 17.3 Å². The molecule has 0 radical (unpaired) electrons. The molecular formula is C17H15NO4S. The highest BCUT2D eigenvalue weighted by Crippen LogP contribution is 2.36. The van der Waals surface area contributed by atoms with E-state index in [9.17, 15) is 9.59 Å². The molecule has 118 valence electrons. The second-order valence-electron chi connectivity index (χ2n) is 4.89. The van der Waals surface area contributed by atoms with Gasteiger partial charge in [-0.2, -0.15) is 0 Å². The van der Waals surface area contributed by atoms with Crippen LogP contribution in [0.1, 0.15) is 18.4 Å². The third kappa shape index (κ3) is 3.17. The second-order valence-corrected chi connectivity index (χ2v) is 5.89. The lowest BCUT2D eigenvalue weighted by Crippen LogP contribution is -2.27. The van der Waals surface area contributed by atoms with Crippen LogP contribution in [0.3, 0.4) is 0 Å². The van der Waals surface area contributed by atoms with Crippen LogP contribution in [0, 0.1) is 6.92 Å². The van der Waals surface area contributed by atoms with Crippen molar-refractivity contribution < 1.29 is 18.7 Å². The molecule has 3 rings (SSSR count). The summed E-state index contributed by atoms with van der Waals surface area (Å²) in [4.78, 5) is 26.1. The maximum atomic E-state index is 12.5. The molecule has 0 aliphatic carbocycles. The highest BCUT2D eigenvalue weighted by Gasteiger charge is 2.36. The van der Waals surface area contributed by atoms with Crippen molar-refractivity contribution in [1.82, 2.24) is 0 Å². The van der Waals surface area contributed by atoms with E-state index in [-0.39, 0.29) is 11.1 Å². The number of nitrogens with zero attached hydrogens (tertiary/aromatic N) is 1. The number of anilines is 1. The SMILES string of the molecule is CCOc1ccc(N2C(=O)S/C(=C/c3ccc(C)o3)C2=O)cc1. The first-order chi connectivity index (χ1) is 11.1. The van der Waals surface area contributed by atoms with E-state index < -0.39 is 0 Å². The van der Waals surface area contributed by atoms with E-state index in [4.69, 9.17) is 9.15 Å². The van der Waals surface area contributed by atoms with Crippen molar-refractivity contribution in [3.8, 4) is 5.75 Å². The van der Waals surface area contributed by atoms with Gasteiger partial charge in [0.25, 0.3) is 11.1 Å². The maximum Gasteiger partial charge on any atom is 0.298 e. The van der Waals surface area contributed by atoms with E-state index in [0.29, 0.717) is 28.7 Å². The number of amides is 2. The Hall–Kier alpha value is -2.47. The molecule has 2 amide bonds. The van der Waals surface area contributed by atoms with E-state index in [0.717, 1.165) is 22.4 Å². The summed E-state index contributed by atoms with van der Waals surface area (Å²) in [6, 6.07) is 10.4. The van der Waals surface area contributed by atoms with E-state index in [1.165, 1.54) is 0 Å². The summed E-state index contributed by atoms with van der Waals surface area (Å²) in [6.45, 7) is 4.28. The number of thioether (sulfide) groups is 1. The summed E-state index contributed by atoms with van der Waals surface area (Å²) in [5.41, 5.74) is 0.523. The minimum absolute atomic E-state index is 0.325. The topological polar surface area (TPSA) is 59.8 Å². The zero-order chi connectivity index (χ0) is 16.4. The Labute approximate surface area is 137 Å². The Morgan fingerprint density at radius 1 is 1.17 bits per heavy atom. The number of ether oxygens (including phenoxy) is 1. The largest absolute Gasteiger partial charge is 0.494 e. The third-order valence-corrected chi connectivity index (χ3v) is 4.10. The van der Waals surface area contributed by atoms with Crippen LogP contribution in [-0.2, 0) is 4.79 Å². The van der Waals surface area contributed by atoms with Crippen LogP contribution in [-0.4, -0.2) is 17.8 Å². The molecule has 1 saturated heterocycles. The van der Waals surface area contributed by atoms with Crippen molar-refractivity contribution in [3.05, 3.63) is 52.8 Å². The molecule has 2 aromatic rings. The first-order valence-corrected chi connectivity index (χ1v) is 7.97. The molecule has 1 aromatic heterocycles. The van der Waals surface area contributed by atoms with Gasteiger partial charge in [0.05, 0.1) is 17.2 Å². The van der Waals surface area contributed by atoms with E-state index in [1.807, 2.05) is 19.9 Å². The molecule has 1 aliphatic rings. The minimum Gasteiger partial charge on any atom is -0.494 e. The van der Waals surface area contributed by atoms with Crippen molar-refractivity contribution in [2.24, 2.45) is 0 Å². The van der Waals surface area contributed by atoms with Crippen molar-refractivity contribution in [1.29, 1.82) is 0 Å². The smallest absolute Gasteiger partial charge is 0.298 e. The fourth-order valence-corrected chi connectivity index (χ4v) is 3.03. The number of carbonyl (C=O) groups is 2. The molecule has 6 heteroatoms. The Kier molecular flexibility index (Phi) is 4.25. The summed E-state index contributed by atoms with van der Waals surface area (Å²) in [5, 5.41) is -0.325. The third-order valence-electron chi connectivity index (χ3n) is 3.23. The number of carbonyl (C=O) groups excluding carboxylic acids is 2. The Morgan fingerprint density at radius 2 is 1.91 bits per heavy atom. The summed E-state index contributed by atoms with van der Waals surface area (Å²) in [7, 11) is 0. The van der Waals surface area contributed by atoms with Crippen LogP contribution >= 0.6 is 11.8 Å². The Balaban J connectivity index is 1.85. The van der Waals surface area contributed by atoms with Crippen LogP contribution in [0.15, 0.2) is 45.7 Å². The van der Waals surface area contributed by atoms with Crippen LogP contribution in [0.5, 0.6) is 5.75 Å². The number of hydrogen-bond acceptors (Lipinski definition) is 5.